The first kappa shape index (κ1) is 15.6. The minimum absolute atomic E-state index is 0.897. The second kappa shape index (κ2) is 7.84. The van der Waals surface area contributed by atoms with Gasteiger partial charge in [0.1, 0.15) is 5.75 Å². The monoisotopic (exact) mass is 303 g/mol. The molecule has 2 fully saturated rings. The van der Waals surface area contributed by atoms with Crippen molar-refractivity contribution in [2.45, 2.75) is 19.3 Å². The lowest BCUT2D eigenvalue weighted by atomic mass is 9.97. The van der Waals surface area contributed by atoms with Gasteiger partial charge in [0, 0.05) is 31.9 Å². The molecule has 22 heavy (non-hydrogen) atoms. The highest BCUT2D eigenvalue weighted by molar-refractivity contribution is 5.49. The lowest BCUT2D eigenvalue weighted by Crippen LogP contribution is -2.38. The zero-order chi connectivity index (χ0) is 15.2. The van der Waals surface area contributed by atoms with Gasteiger partial charge in [-0.1, -0.05) is 0 Å². The Labute approximate surface area is 134 Å². The topological polar surface area (TPSA) is 27.7 Å². The molecular weight excluding hydrogens is 274 g/mol. The largest absolute Gasteiger partial charge is 0.497 e. The minimum Gasteiger partial charge on any atom is -0.497 e. The van der Waals surface area contributed by atoms with E-state index in [9.17, 15) is 0 Å². The molecule has 0 aliphatic carbocycles. The molecule has 0 atom stereocenters. The number of piperidine rings is 1. The van der Waals surface area contributed by atoms with E-state index in [4.69, 9.17) is 4.74 Å². The van der Waals surface area contributed by atoms with E-state index in [1.807, 2.05) is 0 Å². The number of nitrogens with one attached hydrogen (secondary N) is 1. The fourth-order valence-corrected chi connectivity index (χ4v) is 3.63. The summed E-state index contributed by atoms with van der Waals surface area (Å²) in [6.45, 7) is 8.43. The standard InChI is InChI=1S/C18H29N3O/c1-22-18-5-3-17(4-6-18)21-12-2-11-20(13-14-21)15-16-7-9-19-10-8-16/h3-6,16,19H,2,7-15H2,1H3. The number of ether oxygens (including phenoxy) is 1. The zero-order valence-corrected chi connectivity index (χ0v) is 13.8. The smallest absolute Gasteiger partial charge is 0.119 e. The zero-order valence-electron chi connectivity index (χ0n) is 13.8. The van der Waals surface area contributed by atoms with E-state index in [0.29, 0.717) is 0 Å². The summed E-state index contributed by atoms with van der Waals surface area (Å²) in [6, 6.07) is 8.49. The fourth-order valence-electron chi connectivity index (χ4n) is 3.63. The molecule has 0 radical (unpaired) electrons. The Morgan fingerprint density at radius 2 is 1.82 bits per heavy atom. The third-order valence-corrected chi connectivity index (χ3v) is 5.00. The summed E-state index contributed by atoms with van der Waals surface area (Å²) >= 11 is 0. The van der Waals surface area contributed by atoms with E-state index in [2.05, 4.69) is 39.4 Å². The van der Waals surface area contributed by atoms with Crippen molar-refractivity contribution >= 4 is 5.69 Å². The predicted octanol–water partition coefficient (Wildman–Crippen LogP) is 2.21. The van der Waals surface area contributed by atoms with E-state index in [0.717, 1.165) is 24.8 Å². The molecule has 0 unspecified atom stereocenters. The summed E-state index contributed by atoms with van der Waals surface area (Å²) in [5.74, 6) is 1.83. The molecule has 3 rings (SSSR count). The van der Waals surface area contributed by atoms with Crippen molar-refractivity contribution in [1.29, 1.82) is 0 Å². The summed E-state index contributed by atoms with van der Waals surface area (Å²) in [5.41, 5.74) is 1.32. The Morgan fingerprint density at radius 1 is 1.05 bits per heavy atom. The third-order valence-electron chi connectivity index (χ3n) is 5.00. The molecule has 2 saturated heterocycles. The van der Waals surface area contributed by atoms with E-state index in [-0.39, 0.29) is 0 Å². The van der Waals surface area contributed by atoms with Gasteiger partial charge in [-0.3, -0.25) is 0 Å². The number of benzene rings is 1. The Kier molecular flexibility index (Phi) is 5.57. The van der Waals surface area contributed by atoms with Gasteiger partial charge in [-0.05, 0) is 69.1 Å². The maximum absolute atomic E-state index is 5.25. The highest BCUT2D eigenvalue weighted by Gasteiger charge is 2.20. The predicted molar refractivity (Wildman–Crippen MR) is 91.9 cm³/mol. The van der Waals surface area contributed by atoms with Crippen LogP contribution in [0.2, 0.25) is 0 Å². The number of anilines is 1. The van der Waals surface area contributed by atoms with Crippen molar-refractivity contribution < 1.29 is 4.74 Å². The van der Waals surface area contributed by atoms with Gasteiger partial charge in [-0.15, -0.1) is 0 Å². The summed E-state index contributed by atoms with van der Waals surface area (Å²) in [5, 5.41) is 3.47. The maximum atomic E-state index is 5.25. The number of nitrogens with zero attached hydrogens (tertiary/aromatic N) is 2. The highest BCUT2D eigenvalue weighted by atomic mass is 16.5. The van der Waals surface area contributed by atoms with Gasteiger partial charge >= 0.3 is 0 Å². The van der Waals surface area contributed by atoms with Crippen LogP contribution >= 0.6 is 0 Å². The lowest BCUT2D eigenvalue weighted by Gasteiger charge is -2.29. The first-order valence-electron chi connectivity index (χ1n) is 8.67. The van der Waals surface area contributed by atoms with Gasteiger partial charge in [0.2, 0.25) is 0 Å². The van der Waals surface area contributed by atoms with Crippen LogP contribution in [0.1, 0.15) is 19.3 Å². The summed E-state index contributed by atoms with van der Waals surface area (Å²) in [7, 11) is 1.72. The first-order chi connectivity index (χ1) is 10.8. The second-order valence-corrected chi connectivity index (χ2v) is 6.53. The average Bonchev–Trinajstić information content (AvgIpc) is 2.82. The van der Waals surface area contributed by atoms with Gasteiger partial charge in [-0.2, -0.15) is 0 Å². The quantitative estimate of drug-likeness (QED) is 0.923. The normalized spacial score (nSPS) is 21.6. The maximum Gasteiger partial charge on any atom is 0.119 e. The number of hydrogen-bond donors (Lipinski definition) is 1. The van der Waals surface area contributed by atoms with Crippen molar-refractivity contribution in [3.05, 3.63) is 24.3 Å². The Bertz CT molecular complexity index is 442. The molecular formula is C18H29N3O. The molecule has 122 valence electrons. The average molecular weight is 303 g/mol. The Morgan fingerprint density at radius 3 is 2.55 bits per heavy atom. The SMILES string of the molecule is COc1ccc(N2CCCN(CC3CCNCC3)CC2)cc1. The molecule has 0 saturated carbocycles. The van der Waals surface area contributed by atoms with E-state index < -0.39 is 0 Å². The van der Waals surface area contributed by atoms with Gasteiger partial charge in [0.15, 0.2) is 0 Å². The molecule has 1 aromatic carbocycles. The molecule has 0 bridgehead atoms. The van der Waals surface area contributed by atoms with Gasteiger partial charge in [0.05, 0.1) is 7.11 Å². The van der Waals surface area contributed by atoms with E-state index in [1.165, 1.54) is 57.7 Å². The third kappa shape index (κ3) is 4.14. The van der Waals surface area contributed by atoms with Crippen molar-refractivity contribution in [3.8, 4) is 5.75 Å². The van der Waals surface area contributed by atoms with Crippen molar-refractivity contribution in [3.63, 3.8) is 0 Å². The van der Waals surface area contributed by atoms with Crippen molar-refractivity contribution in [2.24, 2.45) is 5.92 Å². The highest BCUT2D eigenvalue weighted by Crippen LogP contribution is 2.21. The first-order valence-corrected chi connectivity index (χ1v) is 8.67. The van der Waals surface area contributed by atoms with Crippen LogP contribution in [0.15, 0.2) is 24.3 Å². The molecule has 2 aliphatic heterocycles. The molecule has 2 aliphatic rings. The molecule has 4 nitrogen and oxygen atoms in total. The molecule has 0 aromatic heterocycles. The number of methoxy groups -OCH3 is 1. The van der Waals surface area contributed by atoms with Crippen LogP contribution in [0.3, 0.4) is 0 Å². The van der Waals surface area contributed by atoms with Crippen molar-refractivity contribution in [2.75, 3.05) is 57.8 Å². The molecule has 1 aromatic rings. The minimum atomic E-state index is 0.897. The summed E-state index contributed by atoms with van der Waals surface area (Å²) in [4.78, 5) is 5.20. The Balaban J connectivity index is 1.52. The fraction of sp³-hybridized carbons (Fsp3) is 0.667. The van der Waals surface area contributed by atoms with Crippen LogP contribution in [-0.2, 0) is 0 Å². The van der Waals surface area contributed by atoms with Crippen LogP contribution in [0.25, 0.3) is 0 Å². The summed E-state index contributed by atoms with van der Waals surface area (Å²) in [6.07, 6.45) is 3.95. The van der Waals surface area contributed by atoms with Crippen LogP contribution in [0, 0.1) is 5.92 Å². The van der Waals surface area contributed by atoms with Crippen LogP contribution in [0.5, 0.6) is 5.75 Å². The van der Waals surface area contributed by atoms with E-state index in [1.54, 1.807) is 7.11 Å². The molecule has 2 heterocycles. The second-order valence-electron chi connectivity index (χ2n) is 6.53. The van der Waals surface area contributed by atoms with E-state index >= 15 is 0 Å². The molecule has 4 heteroatoms. The molecule has 1 N–H and O–H groups in total. The van der Waals surface area contributed by atoms with Gasteiger partial charge in [-0.25, -0.2) is 0 Å². The van der Waals surface area contributed by atoms with Gasteiger partial charge < -0.3 is 19.9 Å². The lowest BCUT2D eigenvalue weighted by molar-refractivity contribution is 0.216. The number of rotatable bonds is 4. The van der Waals surface area contributed by atoms with Crippen LogP contribution in [-0.4, -0.2) is 57.8 Å². The van der Waals surface area contributed by atoms with Crippen LogP contribution < -0.4 is 15.0 Å². The number of hydrogen-bond acceptors (Lipinski definition) is 4. The Hall–Kier alpha value is -1.26. The summed E-state index contributed by atoms with van der Waals surface area (Å²) < 4.78 is 5.25. The molecule has 0 spiro atoms. The molecule has 0 amide bonds. The van der Waals surface area contributed by atoms with Crippen LogP contribution in [0.4, 0.5) is 5.69 Å². The van der Waals surface area contributed by atoms with Gasteiger partial charge in [0.25, 0.3) is 0 Å². The van der Waals surface area contributed by atoms with Crippen molar-refractivity contribution in [1.82, 2.24) is 10.2 Å².